The first-order valence-corrected chi connectivity index (χ1v) is 31.8. The number of hydrogen-bond acceptors (Lipinski definition) is 2. The summed E-state index contributed by atoms with van der Waals surface area (Å²) in [6.45, 7) is 9.43. The molecule has 0 aliphatic heterocycles. The predicted octanol–water partition coefficient (Wildman–Crippen LogP) is 23.6. The molecule has 1 radical (unpaired) electrons. The van der Waals surface area contributed by atoms with Crippen LogP contribution in [0.5, 0.6) is 5.75 Å². The number of halogens is 1. The van der Waals surface area contributed by atoms with Gasteiger partial charge in [0.15, 0.2) is 0 Å². The molecule has 0 saturated heterocycles. The normalized spacial score (nSPS) is 13.2. The number of benzene rings is 16. The minimum absolute atomic E-state index is 0.0617. The Morgan fingerprint density at radius 3 is 1.06 bits per heavy atom. The summed E-state index contributed by atoms with van der Waals surface area (Å²) in [5, 5.41) is 29.0. The second-order valence-corrected chi connectivity index (χ2v) is 25.9. The van der Waals surface area contributed by atoms with Crippen LogP contribution in [0.4, 0.5) is 0 Å². The molecule has 18 rings (SSSR count). The summed E-state index contributed by atoms with van der Waals surface area (Å²) in [5.41, 5.74) is 18.8. The van der Waals surface area contributed by atoms with Gasteiger partial charge in [0.1, 0.15) is 5.75 Å². The molecular weight excluding hydrogens is 1160 g/mol. The zero-order chi connectivity index (χ0) is 60.8. The van der Waals surface area contributed by atoms with Gasteiger partial charge < -0.3 is 9.68 Å². The van der Waals surface area contributed by atoms with Crippen molar-refractivity contribution < 1.29 is 9.68 Å². The van der Waals surface area contributed by atoms with Crippen molar-refractivity contribution in [2.75, 3.05) is 0 Å². The molecule has 0 spiro atoms. The Bertz CT molecular complexity index is 5480. The maximum absolute atomic E-state index is 9.32. The molecule has 90 heavy (non-hydrogen) atoms. The van der Waals surface area contributed by atoms with Gasteiger partial charge >= 0.3 is 7.69 Å². The van der Waals surface area contributed by atoms with Crippen molar-refractivity contribution >= 4 is 110 Å². The fourth-order valence-electron chi connectivity index (χ4n) is 15.5. The van der Waals surface area contributed by atoms with Crippen LogP contribution in [0.3, 0.4) is 0 Å². The minimum Gasteiger partial charge on any atom is -0.537 e. The molecule has 0 saturated carbocycles. The summed E-state index contributed by atoms with van der Waals surface area (Å²) in [6.07, 6.45) is 0. The Morgan fingerprint density at radius 2 is 0.622 bits per heavy atom. The Hall–Kier alpha value is -10.1. The van der Waals surface area contributed by atoms with Gasteiger partial charge in [-0.3, -0.25) is 0 Å². The van der Waals surface area contributed by atoms with Gasteiger partial charge in [0.2, 0.25) is 0 Å². The van der Waals surface area contributed by atoms with E-state index in [-0.39, 0.29) is 10.8 Å². The molecule has 2 aliphatic carbocycles. The Balaban J connectivity index is 0.000000118. The fraction of sp³-hybridized carbons (Fsp3) is 0.0698. The highest BCUT2D eigenvalue weighted by molar-refractivity contribution is 9.10. The van der Waals surface area contributed by atoms with Gasteiger partial charge in [0.05, 0.1) is 0 Å². The van der Waals surface area contributed by atoms with Crippen LogP contribution >= 0.6 is 15.9 Å². The van der Waals surface area contributed by atoms with E-state index in [1.807, 2.05) is 36.4 Å². The van der Waals surface area contributed by atoms with Crippen LogP contribution in [0, 0.1) is 0 Å². The second kappa shape index (κ2) is 21.9. The first kappa shape index (κ1) is 55.2. The molecule has 0 atom stereocenters. The van der Waals surface area contributed by atoms with Crippen LogP contribution in [0.2, 0.25) is 0 Å². The number of rotatable bonds is 5. The topological polar surface area (TPSA) is 29.5 Å². The van der Waals surface area contributed by atoms with E-state index in [1.165, 1.54) is 143 Å². The van der Waals surface area contributed by atoms with Gasteiger partial charge in [-0.25, -0.2) is 0 Å². The van der Waals surface area contributed by atoms with Gasteiger partial charge in [-0.15, -0.1) is 0 Å². The highest BCUT2D eigenvalue weighted by atomic mass is 79.9. The van der Waals surface area contributed by atoms with E-state index in [0.717, 1.165) is 33.7 Å². The SMILES string of the molecule is CC1(C)c2ccc(-c3c4ccccc4c(-c4cccc5ccccc45)c4ccccc34)cc2-c2ccc3ccccc3c21.CC1(C)c2ccc(Br)cc2-c2ccc3ccccc3c21.O[B]Oc1c2ccccc2c(-c2cccc3ccccc23)c2ccccc12. The van der Waals surface area contributed by atoms with Crippen molar-refractivity contribution in [3.63, 3.8) is 0 Å². The molecule has 4 heteroatoms. The Labute approximate surface area is 533 Å². The third-order valence-electron chi connectivity index (χ3n) is 19.4. The zero-order valence-electron chi connectivity index (χ0n) is 50.5. The van der Waals surface area contributed by atoms with Crippen LogP contribution in [-0.4, -0.2) is 12.7 Å². The highest BCUT2D eigenvalue weighted by Gasteiger charge is 2.38. The second-order valence-electron chi connectivity index (χ2n) is 25.0. The van der Waals surface area contributed by atoms with Crippen molar-refractivity contribution in [1.29, 1.82) is 0 Å². The average Bonchev–Trinajstić information content (AvgIpc) is 1.36. The molecule has 0 aromatic heterocycles. The van der Waals surface area contributed by atoms with E-state index < -0.39 is 0 Å². The lowest BCUT2D eigenvalue weighted by Crippen LogP contribution is -2.15. The van der Waals surface area contributed by atoms with Crippen LogP contribution in [0.15, 0.2) is 296 Å². The van der Waals surface area contributed by atoms with E-state index in [9.17, 15) is 5.02 Å². The molecular formula is C86H61BBrO2. The fourth-order valence-corrected chi connectivity index (χ4v) is 15.9. The van der Waals surface area contributed by atoms with Crippen molar-refractivity contribution in [3.8, 4) is 61.4 Å². The smallest absolute Gasteiger partial charge is 0.537 e. The van der Waals surface area contributed by atoms with Gasteiger partial charge in [-0.1, -0.05) is 317 Å². The van der Waals surface area contributed by atoms with Crippen molar-refractivity contribution in [1.82, 2.24) is 0 Å². The molecule has 0 bridgehead atoms. The maximum atomic E-state index is 9.32. The molecule has 16 aromatic carbocycles. The standard InChI is InChI=1S/C43H30.C24H16BO2.C19H15Br/c1-43(2)39-25-23-29(26-38(39)37-24-22-28-13-4-6-16-31(28)42(37)43)40-33-17-7-9-19-35(33)41(36-20-10-8-18-34(36)40)32-21-11-14-27-12-3-5-15-30(27)32;26-25-27-24-21-13-5-3-11-19(21)23(20-12-4-6-14-22(20)24)18-15-7-9-16-8-1-2-10-17(16)18;1-19(2)17-10-8-13(20)11-16(17)15-9-7-12-5-3-4-6-14(12)18(15)19/h3-26H,1-2H3;1-15,26H;3-11H,1-2H3. The van der Waals surface area contributed by atoms with Crippen LogP contribution in [-0.2, 0) is 10.8 Å². The Kier molecular flexibility index (Phi) is 13.4. The summed E-state index contributed by atoms with van der Waals surface area (Å²) in [5.74, 6) is 0.674. The average molecular weight is 1220 g/mol. The van der Waals surface area contributed by atoms with Gasteiger partial charge in [-0.2, -0.15) is 0 Å². The molecule has 16 aromatic rings. The van der Waals surface area contributed by atoms with Crippen molar-refractivity contribution in [2.24, 2.45) is 0 Å². The lowest BCUT2D eigenvalue weighted by molar-refractivity contribution is 0.459. The third-order valence-corrected chi connectivity index (χ3v) is 19.9. The maximum Gasteiger partial charge on any atom is 0.569 e. The zero-order valence-corrected chi connectivity index (χ0v) is 52.1. The lowest BCUT2D eigenvalue weighted by Gasteiger charge is -2.23. The van der Waals surface area contributed by atoms with Gasteiger partial charge in [0, 0.05) is 26.1 Å². The molecule has 1 N–H and O–H groups in total. The molecule has 2 nitrogen and oxygen atoms in total. The number of hydrogen-bond donors (Lipinski definition) is 1. The molecule has 0 fully saturated rings. The van der Waals surface area contributed by atoms with Crippen molar-refractivity contribution in [3.05, 3.63) is 318 Å². The molecule has 2 aliphatic rings. The quantitative estimate of drug-likeness (QED) is 0.137. The Morgan fingerprint density at radius 1 is 0.289 bits per heavy atom. The van der Waals surface area contributed by atoms with E-state index in [4.69, 9.17) is 4.65 Å². The molecule has 0 heterocycles. The van der Waals surface area contributed by atoms with E-state index in [1.54, 1.807) is 0 Å². The largest absolute Gasteiger partial charge is 0.569 e. The minimum atomic E-state index is -0.0631. The van der Waals surface area contributed by atoms with Gasteiger partial charge in [0.25, 0.3) is 0 Å². The first-order chi connectivity index (χ1) is 44.1. The highest BCUT2D eigenvalue weighted by Crippen LogP contribution is 2.55. The summed E-state index contributed by atoms with van der Waals surface area (Å²) in [4.78, 5) is 0. The van der Waals surface area contributed by atoms with Crippen LogP contribution < -0.4 is 4.65 Å². The molecule has 0 amide bonds. The summed E-state index contributed by atoms with van der Waals surface area (Å²) < 4.78 is 6.69. The van der Waals surface area contributed by atoms with Crippen LogP contribution in [0.25, 0.3) is 142 Å². The van der Waals surface area contributed by atoms with Crippen molar-refractivity contribution in [2.45, 2.75) is 38.5 Å². The first-order valence-electron chi connectivity index (χ1n) is 31.0. The third kappa shape index (κ3) is 8.79. The predicted molar refractivity (Wildman–Crippen MR) is 387 cm³/mol. The molecule has 0 unspecified atom stereocenters. The summed E-state index contributed by atoms with van der Waals surface area (Å²) in [7, 11) is 0.756. The lowest BCUT2D eigenvalue weighted by atomic mass is 9.79. The summed E-state index contributed by atoms with van der Waals surface area (Å²) in [6, 6.07) is 105. The van der Waals surface area contributed by atoms with E-state index >= 15 is 0 Å². The van der Waals surface area contributed by atoms with Gasteiger partial charge in [-0.05, 0) is 171 Å². The van der Waals surface area contributed by atoms with E-state index in [0.29, 0.717) is 5.75 Å². The van der Waals surface area contributed by atoms with Crippen LogP contribution in [0.1, 0.15) is 49.9 Å². The summed E-state index contributed by atoms with van der Waals surface area (Å²) >= 11 is 3.60. The monoisotopic (exact) mass is 1220 g/mol. The number of fused-ring (bicyclic) bond motifs is 16. The van der Waals surface area contributed by atoms with E-state index in [2.05, 4.69) is 298 Å². The molecule has 427 valence electrons.